The van der Waals surface area contributed by atoms with Crippen LogP contribution in [-0.4, -0.2) is 46.3 Å². The van der Waals surface area contributed by atoms with Gasteiger partial charge in [0.2, 0.25) is 5.91 Å². The van der Waals surface area contributed by atoms with Crippen LogP contribution in [0, 0.1) is 0 Å². The molecule has 6 nitrogen and oxygen atoms in total. The highest BCUT2D eigenvalue weighted by atomic mass is 16.2. The molecule has 1 rings (SSSR count). The first kappa shape index (κ1) is 14.5. The molecule has 0 fully saturated rings. The lowest BCUT2D eigenvalue weighted by Crippen LogP contribution is -2.41. The van der Waals surface area contributed by atoms with Crippen LogP contribution in [0.2, 0.25) is 0 Å². The Balaban J connectivity index is 2.35. The van der Waals surface area contributed by atoms with Crippen molar-refractivity contribution < 1.29 is 4.79 Å². The van der Waals surface area contributed by atoms with Crippen molar-refractivity contribution in [2.45, 2.75) is 33.4 Å². The van der Waals surface area contributed by atoms with E-state index in [0.29, 0.717) is 12.4 Å². The molecule has 0 saturated carbocycles. The monoisotopic (exact) mass is 253 g/mol. The number of hydrogen-bond donors (Lipinski definition) is 2. The number of aromatic nitrogens is 2. The van der Waals surface area contributed by atoms with E-state index in [4.69, 9.17) is 5.73 Å². The summed E-state index contributed by atoms with van der Waals surface area (Å²) in [5, 5.41) is 7.00. The minimum Gasteiger partial charge on any atom is -0.382 e. The van der Waals surface area contributed by atoms with Crippen molar-refractivity contribution in [3.05, 3.63) is 12.3 Å². The summed E-state index contributed by atoms with van der Waals surface area (Å²) in [4.78, 5) is 13.7. The molecule has 0 aliphatic rings. The van der Waals surface area contributed by atoms with Crippen LogP contribution in [0.5, 0.6) is 0 Å². The van der Waals surface area contributed by atoms with Crippen molar-refractivity contribution in [3.8, 4) is 0 Å². The Morgan fingerprint density at radius 2 is 2.33 bits per heavy atom. The molecule has 3 N–H and O–H groups in total. The summed E-state index contributed by atoms with van der Waals surface area (Å²) in [5.41, 5.74) is 5.54. The minimum atomic E-state index is 0.0619. The number of hydrogen-bond acceptors (Lipinski definition) is 4. The minimum absolute atomic E-state index is 0.0619. The number of anilines is 1. The number of carbonyl (C=O) groups is 1. The lowest BCUT2D eigenvalue weighted by molar-refractivity contribution is -0.122. The smallest absolute Gasteiger partial charge is 0.234 e. The summed E-state index contributed by atoms with van der Waals surface area (Å²) >= 11 is 0. The molecule has 0 aliphatic heterocycles. The molecule has 0 radical (unpaired) electrons. The van der Waals surface area contributed by atoms with Crippen molar-refractivity contribution in [1.29, 1.82) is 0 Å². The van der Waals surface area contributed by atoms with Gasteiger partial charge in [0, 0.05) is 18.8 Å². The summed E-state index contributed by atoms with van der Waals surface area (Å²) in [5.74, 6) is 0.586. The number of likely N-dealkylation sites (N-methyl/N-ethyl adjacent to an activating group) is 1. The SMILES string of the molecule is CCN(CCn1ccc(N)n1)CC(=O)NC(C)C. The van der Waals surface area contributed by atoms with Crippen LogP contribution in [-0.2, 0) is 11.3 Å². The van der Waals surface area contributed by atoms with E-state index in [9.17, 15) is 4.79 Å². The lowest BCUT2D eigenvalue weighted by Gasteiger charge is -2.20. The highest BCUT2D eigenvalue weighted by Crippen LogP contribution is 1.97. The molecule has 102 valence electrons. The number of nitrogens with zero attached hydrogens (tertiary/aromatic N) is 3. The van der Waals surface area contributed by atoms with Crippen LogP contribution in [0.25, 0.3) is 0 Å². The quantitative estimate of drug-likeness (QED) is 0.733. The van der Waals surface area contributed by atoms with Gasteiger partial charge in [-0.15, -0.1) is 0 Å². The summed E-state index contributed by atoms with van der Waals surface area (Å²) in [6, 6.07) is 1.95. The van der Waals surface area contributed by atoms with Gasteiger partial charge in [0.25, 0.3) is 0 Å². The molecule has 6 heteroatoms. The number of carbonyl (C=O) groups excluding carboxylic acids is 1. The number of nitrogens with two attached hydrogens (primary N) is 1. The van der Waals surface area contributed by atoms with Gasteiger partial charge in [-0.25, -0.2) is 0 Å². The third kappa shape index (κ3) is 5.18. The van der Waals surface area contributed by atoms with E-state index in [2.05, 4.69) is 15.3 Å². The molecule has 1 heterocycles. The van der Waals surface area contributed by atoms with E-state index in [1.165, 1.54) is 0 Å². The van der Waals surface area contributed by atoms with Gasteiger partial charge in [0.15, 0.2) is 0 Å². The fourth-order valence-electron chi connectivity index (χ4n) is 1.67. The molecule has 0 atom stereocenters. The fourth-order valence-corrected chi connectivity index (χ4v) is 1.67. The van der Waals surface area contributed by atoms with Gasteiger partial charge in [0.05, 0.1) is 13.1 Å². The van der Waals surface area contributed by atoms with Gasteiger partial charge < -0.3 is 11.1 Å². The predicted molar refractivity (Wildman–Crippen MR) is 72.0 cm³/mol. The van der Waals surface area contributed by atoms with Crippen LogP contribution in [0.4, 0.5) is 5.82 Å². The van der Waals surface area contributed by atoms with Gasteiger partial charge in [-0.1, -0.05) is 6.92 Å². The Morgan fingerprint density at radius 1 is 1.61 bits per heavy atom. The van der Waals surface area contributed by atoms with Crippen LogP contribution >= 0.6 is 0 Å². The Kier molecular flexibility index (Phi) is 5.64. The predicted octanol–water partition coefficient (Wildman–Crippen LogP) is 0.312. The Hall–Kier alpha value is -1.56. The molecule has 0 saturated heterocycles. The molecule has 0 unspecified atom stereocenters. The number of nitrogens with one attached hydrogen (secondary N) is 1. The van der Waals surface area contributed by atoms with E-state index >= 15 is 0 Å². The average molecular weight is 253 g/mol. The van der Waals surface area contributed by atoms with Crippen LogP contribution < -0.4 is 11.1 Å². The van der Waals surface area contributed by atoms with Crippen molar-refractivity contribution in [1.82, 2.24) is 20.0 Å². The first-order valence-corrected chi connectivity index (χ1v) is 6.32. The number of rotatable bonds is 7. The highest BCUT2D eigenvalue weighted by molar-refractivity contribution is 5.78. The highest BCUT2D eigenvalue weighted by Gasteiger charge is 2.09. The third-order valence-corrected chi connectivity index (χ3v) is 2.57. The molecule has 1 aromatic heterocycles. The maximum atomic E-state index is 11.6. The molecule has 1 aromatic rings. The maximum absolute atomic E-state index is 11.6. The summed E-state index contributed by atoms with van der Waals surface area (Å²) < 4.78 is 1.79. The second kappa shape index (κ2) is 7.00. The van der Waals surface area contributed by atoms with E-state index < -0.39 is 0 Å². The largest absolute Gasteiger partial charge is 0.382 e. The van der Waals surface area contributed by atoms with Crippen molar-refractivity contribution in [2.75, 3.05) is 25.4 Å². The Bertz CT molecular complexity index is 374. The Labute approximate surface area is 108 Å². The lowest BCUT2D eigenvalue weighted by atomic mass is 10.3. The van der Waals surface area contributed by atoms with E-state index in [1.807, 2.05) is 27.0 Å². The summed E-state index contributed by atoms with van der Waals surface area (Å²) in [6.07, 6.45) is 1.84. The maximum Gasteiger partial charge on any atom is 0.234 e. The molecular formula is C12H23N5O. The van der Waals surface area contributed by atoms with Gasteiger partial charge in [0.1, 0.15) is 5.82 Å². The Morgan fingerprint density at radius 3 is 2.83 bits per heavy atom. The normalized spacial score (nSPS) is 11.2. The average Bonchev–Trinajstić information content (AvgIpc) is 2.69. The van der Waals surface area contributed by atoms with Crippen LogP contribution in [0.3, 0.4) is 0 Å². The standard InChI is InChI=1S/C12H23N5O/c1-4-16(9-12(18)14-10(2)3)7-8-17-6-5-11(13)15-17/h5-6,10H,4,7-9H2,1-3H3,(H2,13,15)(H,14,18). The molecule has 1 amide bonds. The second-order valence-electron chi connectivity index (χ2n) is 4.59. The van der Waals surface area contributed by atoms with Crippen molar-refractivity contribution >= 4 is 11.7 Å². The first-order chi connectivity index (χ1) is 8.51. The van der Waals surface area contributed by atoms with Gasteiger partial charge >= 0.3 is 0 Å². The van der Waals surface area contributed by atoms with E-state index in [-0.39, 0.29) is 11.9 Å². The van der Waals surface area contributed by atoms with E-state index in [0.717, 1.165) is 19.6 Å². The number of amides is 1. The van der Waals surface area contributed by atoms with Crippen LogP contribution in [0.1, 0.15) is 20.8 Å². The summed E-state index contributed by atoms with van der Waals surface area (Å²) in [7, 11) is 0. The second-order valence-corrected chi connectivity index (χ2v) is 4.59. The molecular weight excluding hydrogens is 230 g/mol. The van der Waals surface area contributed by atoms with Crippen molar-refractivity contribution in [2.24, 2.45) is 0 Å². The van der Waals surface area contributed by atoms with Gasteiger partial charge in [-0.05, 0) is 26.5 Å². The van der Waals surface area contributed by atoms with Gasteiger partial charge in [-0.2, -0.15) is 5.10 Å². The molecule has 0 aliphatic carbocycles. The zero-order valence-electron chi connectivity index (χ0n) is 11.4. The molecule has 0 bridgehead atoms. The zero-order chi connectivity index (χ0) is 13.5. The molecule has 0 spiro atoms. The number of nitrogen functional groups attached to an aromatic ring is 1. The van der Waals surface area contributed by atoms with Gasteiger partial charge in [-0.3, -0.25) is 14.4 Å². The third-order valence-electron chi connectivity index (χ3n) is 2.57. The molecule has 0 aromatic carbocycles. The van der Waals surface area contributed by atoms with Crippen LogP contribution in [0.15, 0.2) is 12.3 Å². The first-order valence-electron chi connectivity index (χ1n) is 6.32. The molecule has 18 heavy (non-hydrogen) atoms. The van der Waals surface area contributed by atoms with E-state index in [1.54, 1.807) is 10.7 Å². The van der Waals surface area contributed by atoms with Crippen molar-refractivity contribution in [3.63, 3.8) is 0 Å². The fraction of sp³-hybridized carbons (Fsp3) is 0.667. The summed E-state index contributed by atoms with van der Waals surface area (Å²) in [6.45, 7) is 8.73. The topological polar surface area (TPSA) is 76.2 Å². The zero-order valence-corrected chi connectivity index (χ0v) is 11.4.